The van der Waals surface area contributed by atoms with Crippen LogP contribution in [0.15, 0.2) is 30.3 Å². The standard InChI is InChI=1S/C29H34N2O4/c1-19-15-22-16-23(4-6-24(22)28(33)35-19)31-14-10-29(18-31)8-12-30(13-9-29)11-7-21-3-5-25-26(20(21)2)17-34-27(25)32/h3-6,16,19H,7-15,17-18H2,1-2H3/t19-/m1/s1. The first-order chi connectivity index (χ1) is 16.9. The molecule has 184 valence electrons. The van der Waals surface area contributed by atoms with Crippen LogP contribution in [0.25, 0.3) is 0 Å². The van der Waals surface area contributed by atoms with Crippen LogP contribution in [0.2, 0.25) is 0 Å². The van der Waals surface area contributed by atoms with E-state index in [-0.39, 0.29) is 18.0 Å². The van der Waals surface area contributed by atoms with Gasteiger partial charge in [-0.1, -0.05) is 6.07 Å². The average molecular weight is 475 g/mol. The first-order valence-corrected chi connectivity index (χ1v) is 13.0. The van der Waals surface area contributed by atoms with E-state index in [0.717, 1.165) is 67.8 Å². The van der Waals surface area contributed by atoms with Crippen molar-refractivity contribution in [3.8, 4) is 0 Å². The van der Waals surface area contributed by atoms with Crippen LogP contribution in [0, 0.1) is 12.3 Å². The van der Waals surface area contributed by atoms with Gasteiger partial charge in [-0.25, -0.2) is 9.59 Å². The molecule has 1 atom stereocenters. The molecular weight excluding hydrogens is 440 g/mol. The number of carbonyl (C=O) groups is 2. The number of fused-ring (bicyclic) bond motifs is 2. The van der Waals surface area contributed by atoms with Crippen molar-refractivity contribution in [2.75, 3.05) is 37.6 Å². The number of benzene rings is 2. The highest BCUT2D eigenvalue weighted by molar-refractivity contribution is 5.94. The van der Waals surface area contributed by atoms with Crippen LogP contribution in [0.5, 0.6) is 0 Å². The molecule has 6 rings (SSSR count). The number of hydrogen-bond donors (Lipinski definition) is 0. The summed E-state index contributed by atoms with van der Waals surface area (Å²) in [7, 11) is 0. The molecule has 0 radical (unpaired) electrons. The number of cyclic esters (lactones) is 2. The maximum Gasteiger partial charge on any atom is 0.338 e. The Morgan fingerprint density at radius 2 is 1.77 bits per heavy atom. The number of rotatable bonds is 4. The van der Waals surface area contributed by atoms with Gasteiger partial charge in [0.15, 0.2) is 0 Å². The third-order valence-corrected chi connectivity index (χ3v) is 8.82. The average Bonchev–Trinajstić information content (AvgIpc) is 3.44. The van der Waals surface area contributed by atoms with E-state index in [9.17, 15) is 9.59 Å². The van der Waals surface area contributed by atoms with E-state index < -0.39 is 0 Å². The molecule has 4 aliphatic rings. The number of hydrogen-bond acceptors (Lipinski definition) is 6. The van der Waals surface area contributed by atoms with E-state index in [0.29, 0.717) is 12.0 Å². The summed E-state index contributed by atoms with van der Waals surface area (Å²) >= 11 is 0. The van der Waals surface area contributed by atoms with E-state index >= 15 is 0 Å². The summed E-state index contributed by atoms with van der Waals surface area (Å²) < 4.78 is 10.6. The largest absolute Gasteiger partial charge is 0.459 e. The van der Waals surface area contributed by atoms with Gasteiger partial charge in [-0.2, -0.15) is 0 Å². The highest BCUT2D eigenvalue weighted by Crippen LogP contribution is 2.42. The maximum atomic E-state index is 12.2. The highest BCUT2D eigenvalue weighted by atomic mass is 16.5. The van der Waals surface area contributed by atoms with Crippen molar-refractivity contribution in [1.29, 1.82) is 0 Å². The summed E-state index contributed by atoms with van der Waals surface area (Å²) in [6, 6.07) is 10.3. The molecule has 2 aromatic carbocycles. The molecule has 2 saturated heterocycles. The normalized spacial score (nSPS) is 23.3. The summed E-state index contributed by atoms with van der Waals surface area (Å²) in [4.78, 5) is 29.1. The Kier molecular flexibility index (Phi) is 5.59. The quantitative estimate of drug-likeness (QED) is 0.616. The van der Waals surface area contributed by atoms with Gasteiger partial charge in [0.1, 0.15) is 12.7 Å². The molecule has 0 aliphatic carbocycles. The number of nitrogens with zero attached hydrogens (tertiary/aromatic N) is 2. The van der Waals surface area contributed by atoms with Gasteiger partial charge in [0, 0.05) is 37.3 Å². The topological polar surface area (TPSA) is 59.1 Å². The molecule has 0 bridgehead atoms. The Morgan fingerprint density at radius 3 is 2.60 bits per heavy atom. The van der Waals surface area contributed by atoms with E-state index in [1.54, 1.807) is 0 Å². The molecule has 2 aromatic rings. The first-order valence-electron chi connectivity index (χ1n) is 13.0. The van der Waals surface area contributed by atoms with Gasteiger partial charge in [-0.3, -0.25) is 0 Å². The summed E-state index contributed by atoms with van der Waals surface area (Å²) in [6.07, 6.45) is 5.50. The molecular formula is C29H34N2O4. The number of carbonyl (C=O) groups excluding carboxylic acids is 2. The predicted molar refractivity (Wildman–Crippen MR) is 134 cm³/mol. The minimum atomic E-state index is -0.188. The molecule has 0 amide bonds. The van der Waals surface area contributed by atoms with Crippen LogP contribution >= 0.6 is 0 Å². The Labute approximate surface area is 207 Å². The van der Waals surface area contributed by atoms with Gasteiger partial charge in [-0.15, -0.1) is 0 Å². The smallest absolute Gasteiger partial charge is 0.338 e. The van der Waals surface area contributed by atoms with Crippen molar-refractivity contribution < 1.29 is 19.1 Å². The number of ether oxygens (including phenoxy) is 2. The number of likely N-dealkylation sites (tertiary alicyclic amines) is 1. The van der Waals surface area contributed by atoms with Gasteiger partial charge in [0.25, 0.3) is 0 Å². The molecule has 2 fully saturated rings. The van der Waals surface area contributed by atoms with Gasteiger partial charge < -0.3 is 19.3 Å². The SMILES string of the molecule is Cc1c(CCN2CCC3(CC2)CCN(c2ccc4c(c2)C[C@@H](C)OC4=O)C3)ccc2c1COC2=O. The molecule has 4 heterocycles. The van der Waals surface area contributed by atoms with E-state index in [1.807, 2.05) is 19.1 Å². The molecule has 0 N–H and O–H groups in total. The van der Waals surface area contributed by atoms with Crippen LogP contribution in [-0.4, -0.2) is 55.7 Å². The van der Waals surface area contributed by atoms with Crippen molar-refractivity contribution in [3.63, 3.8) is 0 Å². The fourth-order valence-corrected chi connectivity index (χ4v) is 6.50. The second kappa shape index (κ2) is 8.66. The Morgan fingerprint density at radius 1 is 1.00 bits per heavy atom. The number of anilines is 1. The molecule has 6 heteroatoms. The van der Waals surface area contributed by atoms with Crippen molar-refractivity contribution in [1.82, 2.24) is 4.90 Å². The third kappa shape index (κ3) is 4.12. The maximum absolute atomic E-state index is 12.2. The van der Waals surface area contributed by atoms with E-state index in [2.05, 4.69) is 34.9 Å². The molecule has 6 nitrogen and oxygen atoms in total. The first kappa shape index (κ1) is 22.6. The van der Waals surface area contributed by atoms with Crippen LogP contribution in [0.3, 0.4) is 0 Å². The minimum absolute atomic E-state index is 0.0454. The second-order valence-electron chi connectivity index (χ2n) is 11.0. The lowest BCUT2D eigenvalue weighted by atomic mass is 9.77. The third-order valence-electron chi connectivity index (χ3n) is 8.82. The van der Waals surface area contributed by atoms with Crippen LogP contribution < -0.4 is 4.90 Å². The monoisotopic (exact) mass is 474 g/mol. The van der Waals surface area contributed by atoms with Crippen molar-refractivity contribution >= 4 is 17.6 Å². The second-order valence-corrected chi connectivity index (χ2v) is 11.0. The lowest BCUT2D eigenvalue weighted by Crippen LogP contribution is -2.42. The van der Waals surface area contributed by atoms with Gasteiger partial charge in [-0.05, 0) is 99.0 Å². The lowest BCUT2D eigenvalue weighted by Gasteiger charge is -2.39. The van der Waals surface area contributed by atoms with Gasteiger partial charge in [0.2, 0.25) is 0 Å². The van der Waals surface area contributed by atoms with Gasteiger partial charge >= 0.3 is 11.9 Å². The molecule has 1 spiro atoms. The summed E-state index contributed by atoms with van der Waals surface area (Å²) in [6.45, 7) is 10.1. The predicted octanol–water partition coefficient (Wildman–Crippen LogP) is 4.30. The fourth-order valence-electron chi connectivity index (χ4n) is 6.50. The van der Waals surface area contributed by atoms with E-state index in [1.165, 1.54) is 36.1 Å². The molecule has 0 aromatic heterocycles. The van der Waals surface area contributed by atoms with Crippen molar-refractivity contribution in [2.45, 2.75) is 58.7 Å². The Balaban J connectivity index is 1.05. The Hall–Kier alpha value is -2.86. The van der Waals surface area contributed by atoms with Crippen LogP contribution in [-0.2, 0) is 28.9 Å². The number of piperidine rings is 1. The summed E-state index contributed by atoms with van der Waals surface area (Å²) in [5.74, 6) is -0.374. The zero-order valence-electron chi connectivity index (χ0n) is 20.8. The number of esters is 2. The van der Waals surface area contributed by atoms with E-state index in [4.69, 9.17) is 9.47 Å². The zero-order chi connectivity index (χ0) is 24.2. The van der Waals surface area contributed by atoms with Gasteiger partial charge in [0.05, 0.1) is 11.1 Å². The molecule has 0 unspecified atom stereocenters. The van der Waals surface area contributed by atoms with Crippen molar-refractivity contribution in [3.05, 3.63) is 63.7 Å². The Bertz CT molecular complexity index is 1180. The molecule has 0 saturated carbocycles. The van der Waals surface area contributed by atoms with Crippen LogP contribution in [0.1, 0.15) is 69.2 Å². The summed E-state index contributed by atoms with van der Waals surface area (Å²) in [5, 5.41) is 0. The van der Waals surface area contributed by atoms with Crippen molar-refractivity contribution in [2.24, 2.45) is 5.41 Å². The highest BCUT2D eigenvalue weighted by Gasteiger charge is 2.41. The molecule has 4 aliphatic heterocycles. The molecule has 35 heavy (non-hydrogen) atoms. The lowest BCUT2D eigenvalue weighted by molar-refractivity contribution is 0.0301. The minimum Gasteiger partial charge on any atom is -0.459 e. The fraction of sp³-hybridized carbons (Fsp3) is 0.517. The zero-order valence-corrected chi connectivity index (χ0v) is 20.8. The summed E-state index contributed by atoms with van der Waals surface area (Å²) in [5.41, 5.74) is 7.88. The van der Waals surface area contributed by atoms with Crippen LogP contribution in [0.4, 0.5) is 5.69 Å².